The van der Waals surface area contributed by atoms with Crippen LogP contribution in [0.1, 0.15) is 10.4 Å². The molecule has 0 N–H and O–H groups in total. The first-order valence-electron chi connectivity index (χ1n) is 9.90. The molecule has 0 saturated carbocycles. The van der Waals surface area contributed by atoms with Gasteiger partial charge < -0.3 is 14.4 Å². The van der Waals surface area contributed by atoms with Crippen LogP contribution in [0.25, 0.3) is 10.9 Å². The largest absolute Gasteiger partial charge is 0.471 e. The van der Waals surface area contributed by atoms with Crippen molar-refractivity contribution in [3.8, 4) is 17.4 Å². The van der Waals surface area contributed by atoms with Crippen LogP contribution in [-0.4, -0.2) is 35.0 Å². The minimum Gasteiger partial charge on any atom is -0.471 e. The molecule has 0 radical (unpaired) electrons. The van der Waals surface area contributed by atoms with E-state index in [9.17, 15) is 4.79 Å². The van der Waals surface area contributed by atoms with Gasteiger partial charge in [-0.1, -0.05) is 48.5 Å². The van der Waals surface area contributed by atoms with Gasteiger partial charge in [0.25, 0.3) is 5.91 Å². The fourth-order valence-corrected chi connectivity index (χ4v) is 3.48. The number of hydrogen-bond donors (Lipinski definition) is 0. The lowest BCUT2D eigenvalue weighted by atomic mass is 10.1. The molecule has 148 valence electrons. The lowest BCUT2D eigenvalue weighted by Crippen LogP contribution is -2.56. The summed E-state index contributed by atoms with van der Waals surface area (Å²) in [5, 5.41) is 1.07. The second kappa shape index (κ2) is 7.87. The number of likely N-dealkylation sites (tertiary alicyclic amines) is 1. The molecule has 0 spiro atoms. The van der Waals surface area contributed by atoms with Gasteiger partial charge in [-0.3, -0.25) is 4.79 Å². The Kier molecular flexibility index (Phi) is 4.77. The number of nitrogens with zero attached hydrogens (tertiary/aromatic N) is 2. The summed E-state index contributed by atoms with van der Waals surface area (Å²) in [7, 11) is 0. The molecule has 2 heterocycles. The molecule has 4 aromatic rings. The van der Waals surface area contributed by atoms with Gasteiger partial charge in [-0.25, -0.2) is 4.98 Å². The van der Waals surface area contributed by atoms with Crippen molar-refractivity contribution in [2.24, 2.45) is 0 Å². The average Bonchev–Trinajstić information content (AvgIpc) is 2.76. The number of rotatable bonds is 5. The highest BCUT2D eigenvalue weighted by atomic mass is 16.5. The number of pyridine rings is 1. The summed E-state index contributed by atoms with van der Waals surface area (Å²) in [5.41, 5.74) is 1.44. The predicted octanol–water partition coefficient (Wildman–Crippen LogP) is 4.93. The SMILES string of the molecule is O=C(c1ccccc1Oc1ccccc1)N1CC(Oc2ccc3ccccc3n2)C1. The van der Waals surface area contributed by atoms with Gasteiger partial charge in [0, 0.05) is 11.5 Å². The minimum absolute atomic E-state index is 0.0622. The molecule has 3 aromatic carbocycles. The van der Waals surface area contributed by atoms with Crippen molar-refractivity contribution in [3.63, 3.8) is 0 Å². The second-order valence-corrected chi connectivity index (χ2v) is 7.20. The third-order valence-electron chi connectivity index (χ3n) is 5.08. The Balaban J connectivity index is 1.24. The first-order valence-corrected chi connectivity index (χ1v) is 9.90. The molecule has 0 unspecified atom stereocenters. The Bertz CT molecular complexity index is 1190. The Hall–Kier alpha value is -3.86. The quantitative estimate of drug-likeness (QED) is 0.480. The van der Waals surface area contributed by atoms with E-state index in [1.807, 2.05) is 84.9 Å². The van der Waals surface area contributed by atoms with Crippen molar-refractivity contribution in [3.05, 3.63) is 96.6 Å². The van der Waals surface area contributed by atoms with Crippen molar-refractivity contribution >= 4 is 16.8 Å². The van der Waals surface area contributed by atoms with Crippen molar-refractivity contribution in [2.45, 2.75) is 6.10 Å². The van der Waals surface area contributed by atoms with Gasteiger partial charge in [0.15, 0.2) is 0 Å². The number of para-hydroxylation sites is 3. The van der Waals surface area contributed by atoms with Crippen LogP contribution in [-0.2, 0) is 0 Å². The van der Waals surface area contributed by atoms with Gasteiger partial charge in [0.1, 0.15) is 17.6 Å². The Labute approximate surface area is 174 Å². The maximum atomic E-state index is 13.0. The molecule has 1 aliphatic heterocycles. The number of carbonyl (C=O) groups is 1. The molecule has 0 aliphatic carbocycles. The van der Waals surface area contributed by atoms with Gasteiger partial charge in [-0.15, -0.1) is 0 Å². The molecule has 1 aromatic heterocycles. The number of benzene rings is 3. The van der Waals surface area contributed by atoms with E-state index in [-0.39, 0.29) is 12.0 Å². The summed E-state index contributed by atoms with van der Waals surface area (Å²) in [6.45, 7) is 1.04. The molecule has 30 heavy (non-hydrogen) atoms. The third kappa shape index (κ3) is 3.70. The van der Waals surface area contributed by atoms with Crippen molar-refractivity contribution in [2.75, 3.05) is 13.1 Å². The first kappa shape index (κ1) is 18.2. The van der Waals surface area contributed by atoms with Gasteiger partial charge in [-0.2, -0.15) is 0 Å². The fraction of sp³-hybridized carbons (Fsp3) is 0.120. The highest BCUT2D eigenvalue weighted by Crippen LogP contribution is 2.28. The van der Waals surface area contributed by atoms with E-state index >= 15 is 0 Å². The van der Waals surface area contributed by atoms with Crippen LogP contribution in [0.5, 0.6) is 17.4 Å². The van der Waals surface area contributed by atoms with E-state index in [1.165, 1.54) is 0 Å². The van der Waals surface area contributed by atoms with E-state index in [0.29, 0.717) is 36.0 Å². The first-order chi connectivity index (χ1) is 14.8. The number of fused-ring (bicyclic) bond motifs is 1. The van der Waals surface area contributed by atoms with Gasteiger partial charge in [-0.05, 0) is 36.4 Å². The third-order valence-corrected chi connectivity index (χ3v) is 5.08. The number of carbonyl (C=O) groups excluding carboxylic acids is 1. The zero-order chi connectivity index (χ0) is 20.3. The molecule has 5 nitrogen and oxygen atoms in total. The molecule has 0 bridgehead atoms. The smallest absolute Gasteiger partial charge is 0.257 e. The molecule has 1 aliphatic rings. The Morgan fingerprint density at radius 2 is 1.57 bits per heavy atom. The number of amides is 1. The Morgan fingerprint density at radius 1 is 0.833 bits per heavy atom. The van der Waals surface area contributed by atoms with Crippen LogP contribution < -0.4 is 9.47 Å². The van der Waals surface area contributed by atoms with E-state index in [2.05, 4.69) is 4.98 Å². The maximum Gasteiger partial charge on any atom is 0.257 e. The molecule has 1 amide bonds. The van der Waals surface area contributed by atoms with E-state index in [0.717, 1.165) is 10.9 Å². The summed E-state index contributed by atoms with van der Waals surface area (Å²) < 4.78 is 11.9. The van der Waals surface area contributed by atoms with Gasteiger partial charge in [0.05, 0.1) is 24.2 Å². The average molecular weight is 396 g/mol. The highest BCUT2D eigenvalue weighted by molar-refractivity contribution is 5.97. The summed E-state index contributed by atoms with van der Waals surface area (Å²) in [4.78, 5) is 19.3. The minimum atomic E-state index is -0.0650. The van der Waals surface area contributed by atoms with Crippen molar-refractivity contribution in [1.29, 1.82) is 0 Å². The molecule has 1 fully saturated rings. The zero-order valence-electron chi connectivity index (χ0n) is 16.3. The van der Waals surface area contributed by atoms with Gasteiger partial charge in [0.2, 0.25) is 5.88 Å². The lowest BCUT2D eigenvalue weighted by molar-refractivity contribution is 0.0159. The number of aromatic nitrogens is 1. The van der Waals surface area contributed by atoms with Crippen LogP contribution in [0.4, 0.5) is 0 Å². The zero-order valence-corrected chi connectivity index (χ0v) is 16.3. The molecule has 5 rings (SSSR count). The van der Waals surface area contributed by atoms with Crippen LogP contribution in [0.3, 0.4) is 0 Å². The molecule has 5 heteroatoms. The van der Waals surface area contributed by atoms with Crippen LogP contribution in [0.15, 0.2) is 91.0 Å². The summed E-state index contributed by atoms with van der Waals surface area (Å²) in [6.07, 6.45) is -0.0650. The van der Waals surface area contributed by atoms with Crippen LogP contribution in [0, 0.1) is 0 Å². The summed E-state index contributed by atoms with van der Waals surface area (Å²) in [6, 6.07) is 28.6. The summed E-state index contributed by atoms with van der Waals surface area (Å²) >= 11 is 0. The topological polar surface area (TPSA) is 51.7 Å². The van der Waals surface area contributed by atoms with Crippen molar-refractivity contribution in [1.82, 2.24) is 9.88 Å². The standard InChI is InChI=1S/C25H20N2O3/c28-25(21-11-5-7-13-23(21)29-19-9-2-1-3-10-19)27-16-20(17-27)30-24-15-14-18-8-4-6-12-22(18)26-24/h1-15,20H,16-17H2. The van der Waals surface area contributed by atoms with Crippen molar-refractivity contribution < 1.29 is 14.3 Å². The molecule has 0 atom stereocenters. The normalized spacial score (nSPS) is 13.7. The van der Waals surface area contributed by atoms with E-state index in [1.54, 1.807) is 11.0 Å². The van der Waals surface area contributed by atoms with Crippen LogP contribution in [0.2, 0.25) is 0 Å². The predicted molar refractivity (Wildman–Crippen MR) is 115 cm³/mol. The van der Waals surface area contributed by atoms with E-state index in [4.69, 9.17) is 9.47 Å². The van der Waals surface area contributed by atoms with Gasteiger partial charge >= 0.3 is 0 Å². The van der Waals surface area contributed by atoms with Crippen LogP contribution >= 0.6 is 0 Å². The van der Waals surface area contributed by atoms with E-state index < -0.39 is 0 Å². The Morgan fingerprint density at radius 3 is 2.43 bits per heavy atom. The number of ether oxygens (including phenoxy) is 2. The monoisotopic (exact) mass is 396 g/mol. The fourth-order valence-electron chi connectivity index (χ4n) is 3.48. The number of hydrogen-bond acceptors (Lipinski definition) is 4. The second-order valence-electron chi connectivity index (χ2n) is 7.20. The molecular weight excluding hydrogens is 376 g/mol. The highest BCUT2D eigenvalue weighted by Gasteiger charge is 2.34. The maximum absolute atomic E-state index is 13.0. The lowest BCUT2D eigenvalue weighted by Gasteiger charge is -2.38. The summed E-state index contributed by atoms with van der Waals surface area (Å²) in [5.74, 6) is 1.77. The molecule has 1 saturated heterocycles. The molecular formula is C25H20N2O3.